The van der Waals surface area contributed by atoms with Gasteiger partial charge in [0.15, 0.2) is 0 Å². The van der Waals surface area contributed by atoms with Gasteiger partial charge in [0.2, 0.25) is 0 Å². The highest BCUT2D eigenvalue weighted by atomic mass is 35.5. The number of pyridine rings is 2. The Kier molecular flexibility index (Phi) is 4.14. The monoisotopic (exact) mass is 364 g/mol. The van der Waals surface area contributed by atoms with Crippen LogP contribution in [0.5, 0.6) is 0 Å². The number of nitrogens with zero attached hydrogens (tertiary/aromatic N) is 2. The zero-order valence-electron chi connectivity index (χ0n) is 13.6. The van der Waals surface area contributed by atoms with E-state index in [-0.39, 0.29) is 5.82 Å². The Hall–Kier alpha value is -3.18. The minimum absolute atomic E-state index is 0.338. The van der Waals surface area contributed by atoms with E-state index in [2.05, 4.69) is 15.3 Å². The van der Waals surface area contributed by atoms with Crippen molar-refractivity contribution in [3.8, 4) is 11.3 Å². The van der Waals surface area contributed by atoms with Crippen molar-refractivity contribution in [2.24, 2.45) is 0 Å². The van der Waals surface area contributed by atoms with Gasteiger partial charge in [0, 0.05) is 22.2 Å². The van der Waals surface area contributed by atoms with Crippen LogP contribution in [0.25, 0.3) is 22.2 Å². The summed E-state index contributed by atoms with van der Waals surface area (Å²) >= 11 is 6.04. The van der Waals surface area contributed by atoms with E-state index in [0.717, 1.165) is 16.6 Å². The Labute approximate surface area is 154 Å². The molecule has 0 aliphatic rings. The van der Waals surface area contributed by atoms with Crippen LogP contribution in [0.2, 0.25) is 5.02 Å². The molecule has 0 spiro atoms. The highest BCUT2D eigenvalue weighted by Crippen LogP contribution is 2.33. The first-order valence-electron chi connectivity index (χ1n) is 7.93. The van der Waals surface area contributed by atoms with Crippen molar-refractivity contribution >= 4 is 39.6 Å². The number of anilines is 3. The fourth-order valence-electron chi connectivity index (χ4n) is 2.77. The molecule has 26 heavy (non-hydrogen) atoms. The van der Waals surface area contributed by atoms with Gasteiger partial charge in [-0.15, -0.1) is 0 Å². The van der Waals surface area contributed by atoms with Gasteiger partial charge in [-0.25, -0.2) is 9.37 Å². The minimum atomic E-state index is -0.385. The lowest BCUT2D eigenvalue weighted by Crippen LogP contribution is -1.99. The molecular weight excluding hydrogens is 351 g/mol. The van der Waals surface area contributed by atoms with Gasteiger partial charge in [0.05, 0.1) is 34.5 Å². The van der Waals surface area contributed by atoms with Crippen LogP contribution in [-0.2, 0) is 0 Å². The number of nitrogens with two attached hydrogens (primary N) is 1. The van der Waals surface area contributed by atoms with Crippen LogP contribution in [0.3, 0.4) is 0 Å². The molecule has 2 aromatic carbocycles. The lowest BCUT2D eigenvalue weighted by molar-refractivity contribution is 0.631. The summed E-state index contributed by atoms with van der Waals surface area (Å²) in [5.74, 6) is -0.385. The second-order valence-corrected chi connectivity index (χ2v) is 6.22. The van der Waals surface area contributed by atoms with Crippen molar-refractivity contribution in [3.63, 3.8) is 0 Å². The molecule has 4 aromatic rings. The molecule has 0 amide bonds. The summed E-state index contributed by atoms with van der Waals surface area (Å²) in [6.07, 6.45) is 3.27. The molecule has 2 aromatic heterocycles. The molecule has 128 valence electrons. The molecular formula is C20H14ClFN4. The number of fused-ring (bicyclic) bond motifs is 1. The van der Waals surface area contributed by atoms with Crippen LogP contribution in [0.15, 0.2) is 67.0 Å². The number of halogens is 2. The van der Waals surface area contributed by atoms with Gasteiger partial charge in [-0.05, 0) is 36.4 Å². The van der Waals surface area contributed by atoms with Gasteiger partial charge in [-0.3, -0.25) is 4.98 Å². The highest BCUT2D eigenvalue weighted by molar-refractivity contribution is 6.30. The van der Waals surface area contributed by atoms with E-state index in [0.29, 0.717) is 27.7 Å². The standard InChI is InChI=1S/C20H14ClFN4/c21-12-5-6-15(22)14(9-12)19-10-18(13-3-1-2-4-17(13)25-19)26-20-11-24-8-7-16(20)23/h1-11H,(H2,23,24)(H,25,26). The average molecular weight is 365 g/mol. The fraction of sp³-hybridized carbons (Fsp3) is 0. The second kappa shape index (κ2) is 6.61. The Morgan fingerprint density at radius 1 is 1.00 bits per heavy atom. The molecule has 0 atom stereocenters. The van der Waals surface area contributed by atoms with Crippen LogP contribution >= 0.6 is 11.6 Å². The first kappa shape index (κ1) is 16.3. The van der Waals surface area contributed by atoms with Gasteiger partial charge in [0.25, 0.3) is 0 Å². The van der Waals surface area contributed by atoms with E-state index in [1.54, 1.807) is 30.6 Å². The van der Waals surface area contributed by atoms with E-state index >= 15 is 0 Å². The number of nitrogen functional groups attached to an aromatic ring is 1. The van der Waals surface area contributed by atoms with Crippen LogP contribution in [0, 0.1) is 5.82 Å². The second-order valence-electron chi connectivity index (χ2n) is 5.78. The zero-order chi connectivity index (χ0) is 18.1. The summed E-state index contributed by atoms with van der Waals surface area (Å²) in [6.45, 7) is 0. The molecule has 0 radical (unpaired) electrons. The molecule has 4 nitrogen and oxygen atoms in total. The smallest absolute Gasteiger partial charge is 0.132 e. The summed E-state index contributed by atoms with van der Waals surface area (Å²) in [5, 5.41) is 4.61. The van der Waals surface area contributed by atoms with Crippen molar-refractivity contribution in [3.05, 3.63) is 77.8 Å². The Morgan fingerprint density at radius 3 is 2.69 bits per heavy atom. The maximum atomic E-state index is 14.3. The van der Waals surface area contributed by atoms with Crippen molar-refractivity contribution < 1.29 is 4.39 Å². The molecule has 0 aliphatic heterocycles. The lowest BCUT2D eigenvalue weighted by atomic mass is 10.1. The van der Waals surface area contributed by atoms with Crippen LogP contribution in [0.4, 0.5) is 21.5 Å². The maximum Gasteiger partial charge on any atom is 0.132 e. The highest BCUT2D eigenvalue weighted by Gasteiger charge is 2.12. The SMILES string of the molecule is Nc1ccncc1Nc1cc(-c2cc(Cl)ccc2F)nc2ccccc12. The summed E-state index contributed by atoms with van der Waals surface area (Å²) in [5.41, 5.74) is 9.55. The third kappa shape index (κ3) is 3.05. The van der Waals surface area contributed by atoms with Crippen LogP contribution < -0.4 is 11.1 Å². The van der Waals surface area contributed by atoms with Crippen molar-refractivity contribution in [2.75, 3.05) is 11.1 Å². The molecule has 0 bridgehead atoms. The van der Waals surface area contributed by atoms with Gasteiger partial charge >= 0.3 is 0 Å². The fourth-order valence-corrected chi connectivity index (χ4v) is 2.94. The topological polar surface area (TPSA) is 63.8 Å². The maximum absolute atomic E-state index is 14.3. The number of hydrogen-bond donors (Lipinski definition) is 2. The molecule has 2 heterocycles. The van der Waals surface area contributed by atoms with Gasteiger partial charge in [-0.1, -0.05) is 29.8 Å². The summed E-state index contributed by atoms with van der Waals surface area (Å²) < 4.78 is 14.3. The molecule has 3 N–H and O–H groups in total. The van der Waals surface area contributed by atoms with E-state index in [9.17, 15) is 4.39 Å². The van der Waals surface area contributed by atoms with E-state index in [1.807, 2.05) is 24.3 Å². The average Bonchev–Trinajstić information content (AvgIpc) is 2.65. The van der Waals surface area contributed by atoms with Crippen molar-refractivity contribution in [2.45, 2.75) is 0 Å². The Bertz CT molecular complexity index is 1110. The number of nitrogens with one attached hydrogen (secondary N) is 1. The molecule has 0 saturated heterocycles. The van der Waals surface area contributed by atoms with Crippen LogP contribution in [-0.4, -0.2) is 9.97 Å². The summed E-state index contributed by atoms with van der Waals surface area (Å²) in [6, 6.07) is 15.5. The van der Waals surface area contributed by atoms with E-state index in [1.165, 1.54) is 12.1 Å². The number of aromatic nitrogens is 2. The zero-order valence-corrected chi connectivity index (χ0v) is 14.3. The molecule has 6 heteroatoms. The van der Waals surface area contributed by atoms with Gasteiger partial charge in [0.1, 0.15) is 5.82 Å². The largest absolute Gasteiger partial charge is 0.397 e. The Morgan fingerprint density at radius 2 is 1.85 bits per heavy atom. The quantitative estimate of drug-likeness (QED) is 0.509. The summed E-state index contributed by atoms with van der Waals surface area (Å²) in [4.78, 5) is 8.68. The summed E-state index contributed by atoms with van der Waals surface area (Å²) in [7, 11) is 0. The van der Waals surface area contributed by atoms with E-state index in [4.69, 9.17) is 17.3 Å². The normalized spacial score (nSPS) is 10.8. The van der Waals surface area contributed by atoms with Gasteiger partial charge in [-0.2, -0.15) is 0 Å². The van der Waals surface area contributed by atoms with E-state index < -0.39 is 0 Å². The number of benzene rings is 2. The predicted molar refractivity (Wildman–Crippen MR) is 104 cm³/mol. The molecule has 0 aliphatic carbocycles. The minimum Gasteiger partial charge on any atom is -0.397 e. The third-order valence-electron chi connectivity index (χ3n) is 4.04. The van der Waals surface area contributed by atoms with Crippen LogP contribution in [0.1, 0.15) is 0 Å². The van der Waals surface area contributed by atoms with Crippen molar-refractivity contribution in [1.29, 1.82) is 0 Å². The Balaban J connectivity index is 1.91. The molecule has 0 saturated carbocycles. The predicted octanol–water partition coefficient (Wildman–Crippen LogP) is 5.42. The first-order valence-corrected chi connectivity index (χ1v) is 8.31. The third-order valence-corrected chi connectivity index (χ3v) is 4.28. The lowest BCUT2D eigenvalue weighted by Gasteiger charge is -2.13. The number of para-hydroxylation sites is 1. The molecule has 0 unspecified atom stereocenters. The molecule has 0 fully saturated rings. The molecule has 4 rings (SSSR count). The first-order chi connectivity index (χ1) is 12.6. The van der Waals surface area contributed by atoms with Gasteiger partial charge < -0.3 is 11.1 Å². The number of rotatable bonds is 3. The number of hydrogen-bond acceptors (Lipinski definition) is 4. The van der Waals surface area contributed by atoms with Crippen molar-refractivity contribution in [1.82, 2.24) is 9.97 Å².